The first-order valence-electron chi connectivity index (χ1n) is 6.08. The SMILES string of the molecule is CCCN(CCN(C)C)c1nc(CC(=O)O)cs1. The number of hydrogen-bond acceptors (Lipinski definition) is 5. The lowest BCUT2D eigenvalue weighted by Gasteiger charge is -2.23. The fourth-order valence-corrected chi connectivity index (χ4v) is 2.45. The highest BCUT2D eigenvalue weighted by Gasteiger charge is 2.12. The molecule has 0 saturated heterocycles. The molecule has 18 heavy (non-hydrogen) atoms. The average molecular weight is 271 g/mol. The molecule has 1 rings (SSSR count). The van der Waals surface area contributed by atoms with E-state index in [1.54, 1.807) is 0 Å². The third-order valence-electron chi connectivity index (χ3n) is 2.45. The second-order valence-electron chi connectivity index (χ2n) is 4.48. The van der Waals surface area contributed by atoms with Crippen molar-refractivity contribution in [3.63, 3.8) is 0 Å². The highest BCUT2D eigenvalue weighted by Crippen LogP contribution is 2.21. The van der Waals surface area contributed by atoms with Crippen molar-refractivity contribution in [1.82, 2.24) is 9.88 Å². The normalized spacial score (nSPS) is 10.9. The van der Waals surface area contributed by atoms with Crippen LogP contribution in [0.3, 0.4) is 0 Å². The molecule has 0 aliphatic heterocycles. The predicted molar refractivity (Wildman–Crippen MR) is 74.5 cm³/mol. The van der Waals surface area contributed by atoms with Crippen molar-refractivity contribution < 1.29 is 9.90 Å². The predicted octanol–water partition coefficient (Wildman–Crippen LogP) is 1.55. The molecule has 0 aromatic carbocycles. The molecule has 0 saturated carbocycles. The highest BCUT2D eigenvalue weighted by molar-refractivity contribution is 7.13. The van der Waals surface area contributed by atoms with Gasteiger partial charge in [0.25, 0.3) is 0 Å². The summed E-state index contributed by atoms with van der Waals surface area (Å²) in [5.41, 5.74) is 0.647. The minimum absolute atomic E-state index is 0.00411. The maximum atomic E-state index is 10.6. The van der Waals surface area contributed by atoms with Crippen LogP contribution in [0, 0.1) is 0 Å². The highest BCUT2D eigenvalue weighted by atomic mass is 32.1. The molecule has 0 bridgehead atoms. The van der Waals surface area contributed by atoms with Crippen molar-refractivity contribution in [1.29, 1.82) is 0 Å². The second kappa shape index (κ2) is 7.33. The van der Waals surface area contributed by atoms with Gasteiger partial charge in [-0.25, -0.2) is 4.98 Å². The van der Waals surface area contributed by atoms with Crippen LogP contribution in [0.4, 0.5) is 5.13 Å². The molecule has 0 aliphatic carbocycles. The molecule has 0 aliphatic rings. The number of hydrogen-bond donors (Lipinski definition) is 1. The number of rotatable bonds is 8. The van der Waals surface area contributed by atoms with E-state index in [0.717, 1.165) is 31.2 Å². The molecule has 6 heteroatoms. The molecular weight excluding hydrogens is 250 g/mol. The first kappa shape index (κ1) is 14.9. The van der Waals surface area contributed by atoms with E-state index in [-0.39, 0.29) is 6.42 Å². The Morgan fingerprint density at radius 1 is 1.39 bits per heavy atom. The molecule has 1 aromatic rings. The molecule has 0 amide bonds. The Morgan fingerprint density at radius 2 is 2.11 bits per heavy atom. The van der Waals surface area contributed by atoms with Crippen LogP contribution in [0.2, 0.25) is 0 Å². The molecule has 1 aromatic heterocycles. The quantitative estimate of drug-likeness (QED) is 0.777. The molecule has 0 radical (unpaired) electrons. The van der Waals surface area contributed by atoms with E-state index in [2.05, 4.69) is 21.7 Å². The number of likely N-dealkylation sites (N-methyl/N-ethyl adjacent to an activating group) is 1. The van der Waals surface area contributed by atoms with Gasteiger partial charge >= 0.3 is 5.97 Å². The van der Waals surface area contributed by atoms with E-state index < -0.39 is 5.97 Å². The van der Waals surface area contributed by atoms with Gasteiger partial charge in [0, 0.05) is 25.0 Å². The van der Waals surface area contributed by atoms with E-state index in [1.807, 2.05) is 19.5 Å². The van der Waals surface area contributed by atoms with E-state index in [0.29, 0.717) is 5.69 Å². The number of carbonyl (C=O) groups is 1. The van der Waals surface area contributed by atoms with Gasteiger partial charge in [-0.05, 0) is 20.5 Å². The number of carboxylic acids is 1. The van der Waals surface area contributed by atoms with Gasteiger partial charge in [0.05, 0.1) is 12.1 Å². The Labute approximate surface area is 112 Å². The topological polar surface area (TPSA) is 56.7 Å². The zero-order valence-corrected chi connectivity index (χ0v) is 12.0. The third-order valence-corrected chi connectivity index (χ3v) is 3.40. The van der Waals surface area contributed by atoms with Gasteiger partial charge < -0.3 is 14.9 Å². The molecule has 0 fully saturated rings. The van der Waals surface area contributed by atoms with Crippen molar-refractivity contribution in [3.05, 3.63) is 11.1 Å². The van der Waals surface area contributed by atoms with Crippen LogP contribution in [0.25, 0.3) is 0 Å². The van der Waals surface area contributed by atoms with Crippen molar-refractivity contribution in [2.75, 3.05) is 38.6 Å². The molecule has 102 valence electrons. The number of carboxylic acid groups (broad SMARTS) is 1. The summed E-state index contributed by atoms with van der Waals surface area (Å²) in [7, 11) is 4.09. The lowest BCUT2D eigenvalue weighted by molar-refractivity contribution is -0.136. The van der Waals surface area contributed by atoms with Crippen LogP contribution in [0.1, 0.15) is 19.0 Å². The monoisotopic (exact) mass is 271 g/mol. The molecule has 0 unspecified atom stereocenters. The van der Waals surface area contributed by atoms with Gasteiger partial charge in [0.15, 0.2) is 5.13 Å². The standard InChI is InChI=1S/C12H21N3O2S/c1-4-5-15(7-6-14(2)3)12-13-10(9-18-12)8-11(16)17/h9H,4-8H2,1-3H3,(H,16,17). The minimum Gasteiger partial charge on any atom is -0.481 e. The Balaban J connectivity index is 2.66. The summed E-state index contributed by atoms with van der Waals surface area (Å²) < 4.78 is 0. The van der Waals surface area contributed by atoms with Crippen LogP contribution < -0.4 is 4.90 Å². The van der Waals surface area contributed by atoms with Crippen LogP contribution in [-0.2, 0) is 11.2 Å². The number of anilines is 1. The Kier molecular flexibility index (Phi) is 6.07. The lowest BCUT2D eigenvalue weighted by Crippen LogP contribution is -2.32. The van der Waals surface area contributed by atoms with Gasteiger partial charge in [-0.3, -0.25) is 4.79 Å². The molecule has 5 nitrogen and oxygen atoms in total. The van der Waals surface area contributed by atoms with Crippen LogP contribution >= 0.6 is 11.3 Å². The maximum Gasteiger partial charge on any atom is 0.309 e. The first-order chi connectivity index (χ1) is 8.52. The maximum absolute atomic E-state index is 10.6. The average Bonchev–Trinajstić information content (AvgIpc) is 2.71. The van der Waals surface area contributed by atoms with Crippen molar-refractivity contribution >= 4 is 22.4 Å². The Morgan fingerprint density at radius 3 is 2.67 bits per heavy atom. The number of aromatic nitrogens is 1. The van der Waals surface area contributed by atoms with Crippen LogP contribution in [0.5, 0.6) is 0 Å². The fourth-order valence-electron chi connectivity index (χ4n) is 1.57. The van der Waals surface area contributed by atoms with Crippen molar-refractivity contribution in [3.8, 4) is 0 Å². The molecule has 0 spiro atoms. The summed E-state index contributed by atoms with van der Waals surface area (Å²) in [4.78, 5) is 19.4. The summed E-state index contributed by atoms with van der Waals surface area (Å²) in [6.45, 7) is 4.97. The van der Waals surface area contributed by atoms with Gasteiger partial charge in [-0.15, -0.1) is 11.3 Å². The lowest BCUT2D eigenvalue weighted by atomic mass is 10.3. The molecule has 1 N–H and O–H groups in total. The third kappa shape index (κ3) is 5.01. The van der Waals surface area contributed by atoms with Gasteiger partial charge in [-0.2, -0.15) is 0 Å². The smallest absolute Gasteiger partial charge is 0.309 e. The number of aliphatic carboxylic acids is 1. The molecular formula is C12H21N3O2S. The summed E-state index contributed by atoms with van der Waals surface area (Å²) in [5.74, 6) is -0.831. The fraction of sp³-hybridized carbons (Fsp3) is 0.667. The van der Waals surface area contributed by atoms with Gasteiger partial charge in [0.2, 0.25) is 0 Å². The van der Waals surface area contributed by atoms with Gasteiger partial charge in [-0.1, -0.05) is 6.92 Å². The van der Waals surface area contributed by atoms with E-state index in [1.165, 1.54) is 11.3 Å². The number of nitrogens with zero attached hydrogens (tertiary/aromatic N) is 3. The summed E-state index contributed by atoms with van der Waals surface area (Å²) in [5, 5.41) is 11.5. The largest absolute Gasteiger partial charge is 0.481 e. The van der Waals surface area contributed by atoms with Crippen molar-refractivity contribution in [2.45, 2.75) is 19.8 Å². The van der Waals surface area contributed by atoms with Crippen LogP contribution in [0.15, 0.2) is 5.38 Å². The van der Waals surface area contributed by atoms with Crippen molar-refractivity contribution in [2.24, 2.45) is 0 Å². The zero-order valence-electron chi connectivity index (χ0n) is 11.2. The van der Waals surface area contributed by atoms with E-state index in [4.69, 9.17) is 5.11 Å². The Hall–Kier alpha value is -1.14. The molecule has 1 heterocycles. The second-order valence-corrected chi connectivity index (χ2v) is 5.32. The summed E-state index contributed by atoms with van der Waals surface area (Å²) in [6.07, 6.45) is 1.06. The van der Waals surface area contributed by atoms with E-state index in [9.17, 15) is 4.79 Å². The molecule has 0 atom stereocenters. The van der Waals surface area contributed by atoms with E-state index >= 15 is 0 Å². The Bertz CT molecular complexity index is 379. The zero-order chi connectivity index (χ0) is 13.5. The number of thiazole rings is 1. The summed E-state index contributed by atoms with van der Waals surface area (Å²) >= 11 is 1.52. The van der Waals surface area contributed by atoms with Crippen LogP contribution in [-0.4, -0.2) is 54.7 Å². The minimum atomic E-state index is -0.831. The van der Waals surface area contributed by atoms with Gasteiger partial charge in [0.1, 0.15) is 0 Å². The first-order valence-corrected chi connectivity index (χ1v) is 6.96. The summed E-state index contributed by atoms with van der Waals surface area (Å²) in [6, 6.07) is 0.